The van der Waals surface area contributed by atoms with Crippen molar-refractivity contribution in [2.45, 2.75) is 0 Å². The first kappa shape index (κ1) is 10.2. The van der Waals surface area contributed by atoms with E-state index in [1.54, 1.807) is 18.2 Å². The Hall–Kier alpha value is -0.320. The zero-order valence-electron chi connectivity index (χ0n) is 6.76. The molecule has 0 radical (unpaired) electrons. The first-order chi connectivity index (χ1) is 6.59. The van der Waals surface area contributed by atoms with Crippen LogP contribution in [0.4, 0.5) is 0 Å². The van der Waals surface area contributed by atoms with Gasteiger partial charge in [-0.25, -0.2) is 4.98 Å². The van der Waals surface area contributed by atoms with Gasteiger partial charge in [-0.05, 0) is 34.1 Å². The zero-order valence-corrected chi connectivity index (χ0v) is 10.7. The molecule has 0 aliphatic rings. The Kier molecular flexibility index (Phi) is 2.68. The SMILES string of the molecule is Oc1c(Br)cc(Br)c2ccc(Cl)nc12. The minimum absolute atomic E-state index is 0.103. The number of benzene rings is 1. The van der Waals surface area contributed by atoms with Gasteiger partial charge in [-0.1, -0.05) is 27.5 Å². The van der Waals surface area contributed by atoms with Crippen molar-refractivity contribution in [3.8, 4) is 5.75 Å². The van der Waals surface area contributed by atoms with Crippen LogP contribution in [0.25, 0.3) is 10.9 Å². The number of halogens is 3. The molecule has 0 aliphatic heterocycles. The average molecular weight is 337 g/mol. The van der Waals surface area contributed by atoms with Gasteiger partial charge >= 0.3 is 0 Å². The number of phenols is 1. The second-order valence-corrected chi connectivity index (χ2v) is 4.81. The molecule has 0 bridgehead atoms. The van der Waals surface area contributed by atoms with E-state index >= 15 is 0 Å². The lowest BCUT2D eigenvalue weighted by Crippen LogP contribution is -1.83. The molecule has 72 valence electrons. The smallest absolute Gasteiger partial charge is 0.156 e. The van der Waals surface area contributed by atoms with Crippen LogP contribution in [0, 0.1) is 0 Å². The van der Waals surface area contributed by atoms with E-state index < -0.39 is 0 Å². The summed E-state index contributed by atoms with van der Waals surface area (Å²) in [6, 6.07) is 5.26. The fourth-order valence-electron chi connectivity index (χ4n) is 1.18. The van der Waals surface area contributed by atoms with E-state index in [1.165, 1.54) is 0 Å². The quantitative estimate of drug-likeness (QED) is 0.734. The van der Waals surface area contributed by atoms with Gasteiger partial charge in [0.25, 0.3) is 0 Å². The number of hydrogen-bond donors (Lipinski definition) is 1. The van der Waals surface area contributed by atoms with E-state index in [-0.39, 0.29) is 5.75 Å². The maximum absolute atomic E-state index is 9.72. The van der Waals surface area contributed by atoms with E-state index in [1.807, 2.05) is 0 Å². The third kappa shape index (κ3) is 1.62. The second kappa shape index (κ2) is 3.68. The summed E-state index contributed by atoms with van der Waals surface area (Å²) in [5, 5.41) is 10.9. The summed E-state index contributed by atoms with van der Waals surface area (Å²) >= 11 is 12.4. The molecule has 14 heavy (non-hydrogen) atoms. The van der Waals surface area contributed by atoms with Crippen LogP contribution in [0.15, 0.2) is 27.1 Å². The zero-order chi connectivity index (χ0) is 10.3. The normalized spacial score (nSPS) is 10.8. The molecular formula is C9H4Br2ClNO. The molecule has 0 amide bonds. The Morgan fingerprint density at radius 3 is 2.64 bits per heavy atom. The van der Waals surface area contributed by atoms with Gasteiger partial charge in [-0.3, -0.25) is 0 Å². The van der Waals surface area contributed by atoms with Crippen molar-refractivity contribution in [3.63, 3.8) is 0 Å². The van der Waals surface area contributed by atoms with Crippen LogP contribution >= 0.6 is 43.5 Å². The van der Waals surface area contributed by atoms with Crippen molar-refractivity contribution in [1.29, 1.82) is 0 Å². The van der Waals surface area contributed by atoms with Crippen LogP contribution in [-0.4, -0.2) is 10.1 Å². The average Bonchev–Trinajstić information content (AvgIpc) is 2.14. The van der Waals surface area contributed by atoms with Gasteiger partial charge in [0.05, 0.1) is 4.47 Å². The molecule has 0 fully saturated rings. The lowest BCUT2D eigenvalue weighted by molar-refractivity contribution is 0.477. The number of pyridine rings is 1. The van der Waals surface area contributed by atoms with Crippen molar-refractivity contribution in [2.75, 3.05) is 0 Å². The molecule has 1 aromatic heterocycles. The fourth-order valence-corrected chi connectivity index (χ4v) is 2.60. The molecule has 0 spiro atoms. The van der Waals surface area contributed by atoms with Gasteiger partial charge in [0, 0.05) is 9.86 Å². The molecule has 1 aromatic carbocycles. The third-order valence-electron chi connectivity index (χ3n) is 1.82. The Bertz CT molecular complexity index is 516. The number of fused-ring (bicyclic) bond motifs is 1. The Morgan fingerprint density at radius 2 is 1.93 bits per heavy atom. The van der Waals surface area contributed by atoms with Crippen LogP contribution in [0.5, 0.6) is 5.75 Å². The number of aromatic hydroxyl groups is 1. The molecule has 1 heterocycles. The van der Waals surface area contributed by atoms with Crippen molar-refractivity contribution >= 4 is 54.4 Å². The minimum Gasteiger partial charge on any atom is -0.505 e. The molecule has 2 aromatic rings. The van der Waals surface area contributed by atoms with Crippen LogP contribution in [0.3, 0.4) is 0 Å². The van der Waals surface area contributed by atoms with Crippen LogP contribution in [0.1, 0.15) is 0 Å². The number of rotatable bonds is 0. The molecule has 0 saturated heterocycles. The molecule has 5 heteroatoms. The summed E-state index contributed by atoms with van der Waals surface area (Å²) in [7, 11) is 0. The molecular weight excluding hydrogens is 333 g/mol. The molecule has 0 saturated carbocycles. The van der Waals surface area contributed by atoms with E-state index in [9.17, 15) is 5.11 Å². The highest BCUT2D eigenvalue weighted by Crippen LogP contribution is 2.36. The van der Waals surface area contributed by atoms with Crippen molar-refractivity contribution < 1.29 is 5.11 Å². The summed E-state index contributed by atoms with van der Waals surface area (Å²) in [5.41, 5.74) is 0.485. The minimum atomic E-state index is 0.103. The summed E-state index contributed by atoms with van der Waals surface area (Å²) in [6.07, 6.45) is 0. The third-order valence-corrected chi connectivity index (χ3v) is 3.29. The Balaban J connectivity index is 2.95. The van der Waals surface area contributed by atoms with Gasteiger partial charge < -0.3 is 5.11 Å². The number of nitrogens with zero attached hydrogens (tertiary/aromatic N) is 1. The Morgan fingerprint density at radius 1 is 1.21 bits per heavy atom. The van der Waals surface area contributed by atoms with E-state index in [0.717, 1.165) is 9.86 Å². The second-order valence-electron chi connectivity index (χ2n) is 2.72. The summed E-state index contributed by atoms with van der Waals surface area (Å²) in [4.78, 5) is 4.05. The van der Waals surface area contributed by atoms with Gasteiger partial charge in [-0.2, -0.15) is 0 Å². The van der Waals surface area contributed by atoms with Crippen molar-refractivity contribution in [1.82, 2.24) is 4.98 Å². The summed E-state index contributed by atoms with van der Waals surface area (Å²) in [5.74, 6) is 0.103. The molecule has 0 unspecified atom stereocenters. The highest BCUT2D eigenvalue weighted by molar-refractivity contribution is 9.11. The van der Waals surface area contributed by atoms with Gasteiger partial charge in [0.2, 0.25) is 0 Å². The van der Waals surface area contributed by atoms with Gasteiger partial charge in [-0.15, -0.1) is 0 Å². The molecule has 0 aliphatic carbocycles. The van der Waals surface area contributed by atoms with Crippen molar-refractivity contribution in [3.05, 3.63) is 32.3 Å². The molecule has 2 rings (SSSR count). The monoisotopic (exact) mass is 335 g/mol. The van der Waals surface area contributed by atoms with E-state index in [2.05, 4.69) is 36.8 Å². The van der Waals surface area contributed by atoms with Crippen molar-refractivity contribution in [2.24, 2.45) is 0 Å². The first-order valence-electron chi connectivity index (χ1n) is 3.73. The van der Waals surface area contributed by atoms with Crippen LogP contribution in [0.2, 0.25) is 5.15 Å². The molecule has 2 nitrogen and oxygen atoms in total. The lowest BCUT2D eigenvalue weighted by atomic mass is 10.2. The van der Waals surface area contributed by atoms with E-state index in [4.69, 9.17) is 11.6 Å². The highest BCUT2D eigenvalue weighted by Gasteiger charge is 2.09. The van der Waals surface area contributed by atoms with Gasteiger partial charge in [0.1, 0.15) is 10.7 Å². The highest BCUT2D eigenvalue weighted by atomic mass is 79.9. The predicted molar refractivity (Wildman–Crippen MR) is 63.8 cm³/mol. The number of phenolic OH excluding ortho intramolecular Hbond substituents is 1. The largest absolute Gasteiger partial charge is 0.505 e. The molecule has 0 atom stereocenters. The van der Waals surface area contributed by atoms with Crippen LogP contribution < -0.4 is 0 Å². The maximum Gasteiger partial charge on any atom is 0.156 e. The summed E-state index contributed by atoms with van der Waals surface area (Å²) in [6.45, 7) is 0. The number of hydrogen-bond acceptors (Lipinski definition) is 2. The topological polar surface area (TPSA) is 33.1 Å². The van der Waals surface area contributed by atoms with Gasteiger partial charge in [0.15, 0.2) is 5.75 Å². The molecule has 1 N–H and O–H groups in total. The van der Waals surface area contributed by atoms with Crippen LogP contribution in [-0.2, 0) is 0 Å². The van der Waals surface area contributed by atoms with E-state index in [0.29, 0.717) is 15.1 Å². The Labute approximate surface area is 102 Å². The summed E-state index contributed by atoms with van der Waals surface area (Å²) < 4.78 is 1.45. The first-order valence-corrected chi connectivity index (χ1v) is 5.69. The standard InChI is InChI=1S/C9H4Br2ClNO/c10-5-3-6(11)9(14)8-4(5)1-2-7(12)13-8/h1-3,14H. The lowest BCUT2D eigenvalue weighted by Gasteiger charge is -2.04. The maximum atomic E-state index is 9.72. The predicted octanol–water partition coefficient (Wildman–Crippen LogP) is 4.12. The fraction of sp³-hybridized carbons (Fsp3) is 0. The number of aromatic nitrogens is 1.